The van der Waals surface area contributed by atoms with Gasteiger partial charge in [0, 0.05) is 18.7 Å². The van der Waals surface area contributed by atoms with Gasteiger partial charge in [0.15, 0.2) is 11.5 Å². The number of nitrogens with one attached hydrogen (secondary N) is 1. The Labute approximate surface area is 151 Å². The number of para-hydroxylation sites is 1. The molecule has 4 heteroatoms. The van der Waals surface area contributed by atoms with Gasteiger partial charge in [-0.15, -0.1) is 0 Å². The Hall–Kier alpha value is -2.04. The predicted octanol–water partition coefficient (Wildman–Crippen LogP) is 4.31. The third-order valence-electron chi connectivity index (χ3n) is 3.79. The Morgan fingerprint density at radius 3 is 2.28 bits per heavy atom. The summed E-state index contributed by atoms with van der Waals surface area (Å²) in [6.45, 7) is 8.33. The lowest BCUT2D eigenvalue weighted by atomic mass is 10.1. The molecule has 0 saturated heterocycles. The van der Waals surface area contributed by atoms with Crippen LogP contribution in [0.1, 0.15) is 37.5 Å². The zero-order valence-corrected chi connectivity index (χ0v) is 15.9. The third kappa shape index (κ3) is 6.07. The van der Waals surface area contributed by atoms with E-state index in [4.69, 9.17) is 14.2 Å². The van der Waals surface area contributed by atoms with Gasteiger partial charge >= 0.3 is 0 Å². The summed E-state index contributed by atoms with van der Waals surface area (Å²) in [5, 5.41) is 3.47. The van der Waals surface area contributed by atoms with Crippen molar-refractivity contribution in [3.63, 3.8) is 0 Å². The normalized spacial score (nSPS) is 11.4. The van der Waals surface area contributed by atoms with Crippen molar-refractivity contribution in [2.75, 3.05) is 14.2 Å². The van der Waals surface area contributed by atoms with Crippen LogP contribution in [0.15, 0.2) is 42.5 Å². The maximum Gasteiger partial charge on any atom is 0.165 e. The summed E-state index contributed by atoms with van der Waals surface area (Å²) in [4.78, 5) is 0. The summed E-state index contributed by atoms with van der Waals surface area (Å²) in [5.74, 6) is 1.54. The first-order valence-corrected chi connectivity index (χ1v) is 8.55. The molecule has 0 bridgehead atoms. The molecule has 2 rings (SSSR count). The van der Waals surface area contributed by atoms with Crippen LogP contribution in [0, 0.1) is 0 Å². The molecule has 2 aromatic carbocycles. The van der Waals surface area contributed by atoms with Crippen molar-refractivity contribution >= 4 is 0 Å². The zero-order valence-electron chi connectivity index (χ0n) is 15.9. The molecule has 0 unspecified atom stereocenters. The van der Waals surface area contributed by atoms with Crippen molar-refractivity contribution in [2.45, 2.75) is 46.1 Å². The predicted molar refractivity (Wildman–Crippen MR) is 101 cm³/mol. The second-order valence-corrected chi connectivity index (χ2v) is 6.98. The molecule has 0 aliphatic heterocycles. The Kier molecular flexibility index (Phi) is 6.85. The Morgan fingerprint density at radius 1 is 0.880 bits per heavy atom. The molecule has 0 amide bonds. The average molecular weight is 343 g/mol. The molecule has 136 valence electrons. The van der Waals surface area contributed by atoms with E-state index in [0.29, 0.717) is 13.2 Å². The molecule has 0 spiro atoms. The van der Waals surface area contributed by atoms with Crippen molar-refractivity contribution in [2.24, 2.45) is 0 Å². The number of rotatable bonds is 8. The van der Waals surface area contributed by atoms with E-state index in [0.717, 1.165) is 23.6 Å². The van der Waals surface area contributed by atoms with Gasteiger partial charge in [0.05, 0.1) is 26.4 Å². The van der Waals surface area contributed by atoms with Gasteiger partial charge in [-0.05, 0) is 38.0 Å². The molecular formula is C21H29NO3. The topological polar surface area (TPSA) is 39.7 Å². The van der Waals surface area contributed by atoms with Gasteiger partial charge in [-0.1, -0.05) is 36.4 Å². The summed E-state index contributed by atoms with van der Waals surface area (Å²) in [6.07, 6.45) is 0. The highest BCUT2D eigenvalue weighted by Crippen LogP contribution is 2.30. The summed E-state index contributed by atoms with van der Waals surface area (Å²) < 4.78 is 16.7. The van der Waals surface area contributed by atoms with Gasteiger partial charge < -0.3 is 19.5 Å². The van der Waals surface area contributed by atoms with E-state index in [9.17, 15) is 0 Å². The van der Waals surface area contributed by atoms with Crippen molar-refractivity contribution in [3.05, 3.63) is 59.2 Å². The maximum absolute atomic E-state index is 5.85. The van der Waals surface area contributed by atoms with Crippen molar-refractivity contribution in [3.8, 4) is 11.5 Å². The van der Waals surface area contributed by atoms with Crippen LogP contribution in [0.4, 0.5) is 0 Å². The van der Waals surface area contributed by atoms with Crippen LogP contribution in [0.25, 0.3) is 0 Å². The molecule has 0 atom stereocenters. The fourth-order valence-electron chi connectivity index (χ4n) is 2.56. The van der Waals surface area contributed by atoms with Crippen LogP contribution >= 0.6 is 0 Å². The van der Waals surface area contributed by atoms with Gasteiger partial charge in [0.2, 0.25) is 0 Å². The van der Waals surface area contributed by atoms with E-state index in [1.807, 2.05) is 18.2 Å². The highest BCUT2D eigenvalue weighted by atomic mass is 16.5. The van der Waals surface area contributed by atoms with Gasteiger partial charge in [0.1, 0.15) is 0 Å². The molecule has 25 heavy (non-hydrogen) atoms. The number of methoxy groups -OCH3 is 2. The maximum atomic E-state index is 5.85. The average Bonchev–Trinajstić information content (AvgIpc) is 2.59. The molecule has 0 aromatic heterocycles. The summed E-state index contributed by atoms with van der Waals surface area (Å²) in [7, 11) is 3.32. The van der Waals surface area contributed by atoms with Crippen molar-refractivity contribution in [1.82, 2.24) is 5.32 Å². The highest BCUT2D eigenvalue weighted by molar-refractivity contribution is 5.46. The lowest BCUT2D eigenvalue weighted by Gasteiger charge is -2.19. The molecule has 0 radical (unpaired) electrons. The van der Waals surface area contributed by atoms with E-state index in [2.05, 4.69) is 50.4 Å². The molecule has 0 heterocycles. The molecule has 1 N–H and O–H groups in total. The van der Waals surface area contributed by atoms with Crippen LogP contribution in [0.5, 0.6) is 11.5 Å². The fraction of sp³-hybridized carbons (Fsp3) is 0.429. The zero-order chi connectivity index (χ0) is 18.3. The Bertz CT molecular complexity index is 677. The molecule has 4 nitrogen and oxygen atoms in total. The molecule has 2 aromatic rings. The lowest BCUT2D eigenvalue weighted by molar-refractivity contribution is -0.0149. The Morgan fingerprint density at radius 2 is 1.60 bits per heavy atom. The third-order valence-corrected chi connectivity index (χ3v) is 3.79. The first-order chi connectivity index (χ1) is 11.9. The first-order valence-electron chi connectivity index (χ1n) is 8.55. The second kappa shape index (κ2) is 8.88. The van der Waals surface area contributed by atoms with E-state index in [-0.39, 0.29) is 5.60 Å². The molecule has 0 fully saturated rings. The summed E-state index contributed by atoms with van der Waals surface area (Å²) in [6, 6.07) is 14.4. The minimum Gasteiger partial charge on any atom is -0.493 e. The monoisotopic (exact) mass is 343 g/mol. The molecule has 0 saturated carbocycles. The fourth-order valence-corrected chi connectivity index (χ4v) is 2.56. The number of benzene rings is 2. The van der Waals surface area contributed by atoms with E-state index < -0.39 is 0 Å². The first kappa shape index (κ1) is 19.3. The molecule has 0 aliphatic carbocycles. The van der Waals surface area contributed by atoms with E-state index >= 15 is 0 Å². The summed E-state index contributed by atoms with van der Waals surface area (Å²) >= 11 is 0. The van der Waals surface area contributed by atoms with Gasteiger partial charge in [-0.3, -0.25) is 0 Å². The number of ether oxygens (including phenoxy) is 3. The number of hydrogen-bond donors (Lipinski definition) is 1. The van der Waals surface area contributed by atoms with Gasteiger partial charge in [0.25, 0.3) is 0 Å². The molecular weight excluding hydrogens is 314 g/mol. The van der Waals surface area contributed by atoms with Crippen LogP contribution < -0.4 is 14.8 Å². The van der Waals surface area contributed by atoms with Crippen molar-refractivity contribution in [1.29, 1.82) is 0 Å². The minimum atomic E-state index is -0.128. The summed E-state index contributed by atoms with van der Waals surface area (Å²) in [5.41, 5.74) is 3.37. The minimum absolute atomic E-state index is 0.128. The second-order valence-electron chi connectivity index (χ2n) is 6.98. The molecule has 0 aliphatic rings. The largest absolute Gasteiger partial charge is 0.493 e. The standard InChI is InChI=1S/C21H29NO3/c1-21(2,3)25-15-17-9-6-8-16(12-17)13-22-14-18-10-7-11-19(23-4)20(18)24-5/h6-12,22H,13-15H2,1-5H3. The lowest BCUT2D eigenvalue weighted by Crippen LogP contribution is -2.19. The van der Waals surface area contributed by atoms with Crippen LogP contribution in [0.2, 0.25) is 0 Å². The van der Waals surface area contributed by atoms with Gasteiger partial charge in [-0.25, -0.2) is 0 Å². The van der Waals surface area contributed by atoms with E-state index in [1.165, 1.54) is 11.1 Å². The number of hydrogen-bond acceptors (Lipinski definition) is 4. The van der Waals surface area contributed by atoms with Crippen LogP contribution in [-0.4, -0.2) is 19.8 Å². The van der Waals surface area contributed by atoms with Crippen LogP contribution in [-0.2, 0) is 24.4 Å². The SMILES string of the molecule is COc1cccc(CNCc2cccc(COC(C)(C)C)c2)c1OC. The smallest absolute Gasteiger partial charge is 0.165 e. The van der Waals surface area contributed by atoms with Crippen molar-refractivity contribution < 1.29 is 14.2 Å². The van der Waals surface area contributed by atoms with Gasteiger partial charge in [-0.2, -0.15) is 0 Å². The Balaban J connectivity index is 1.94. The van der Waals surface area contributed by atoms with E-state index in [1.54, 1.807) is 14.2 Å². The highest BCUT2D eigenvalue weighted by Gasteiger charge is 2.11. The quantitative estimate of drug-likeness (QED) is 0.775. The van der Waals surface area contributed by atoms with Crippen LogP contribution in [0.3, 0.4) is 0 Å².